The molecule has 1 aliphatic rings. The number of nitrogens with zero attached hydrogens (tertiary/aromatic N) is 2. The monoisotopic (exact) mass is 824 g/mol. The maximum absolute atomic E-state index is 2.70. The highest BCUT2D eigenvalue weighted by molar-refractivity contribution is 7.19. The summed E-state index contributed by atoms with van der Waals surface area (Å²) in [7, 11) is -2.70. The number of para-hydroxylation sites is 3. The van der Waals surface area contributed by atoms with Gasteiger partial charge in [-0.1, -0.05) is 207 Å². The quantitative estimate of drug-likeness (QED) is 0.107. The summed E-state index contributed by atoms with van der Waals surface area (Å²) in [6.45, 7) is 0. The average Bonchev–Trinajstić information content (AvgIpc) is 3.89. The molecule has 3 heteroatoms. The third kappa shape index (κ3) is 6.06. The van der Waals surface area contributed by atoms with Crippen molar-refractivity contribution in [3.63, 3.8) is 0 Å². The molecule has 1 fully saturated rings. The Bertz CT molecular complexity index is 3330. The van der Waals surface area contributed by atoms with Gasteiger partial charge in [0.1, 0.15) is 0 Å². The fourth-order valence-electron chi connectivity index (χ4n) is 11.3. The molecule has 0 unspecified atom stereocenters. The van der Waals surface area contributed by atoms with Crippen LogP contribution in [0.15, 0.2) is 224 Å². The van der Waals surface area contributed by atoms with E-state index in [-0.39, 0.29) is 0 Å². The van der Waals surface area contributed by atoms with Crippen molar-refractivity contribution in [2.45, 2.75) is 38.0 Å². The highest BCUT2D eigenvalue weighted by Gasteiger charge is 2.41. The van der Waals surface area contributed by atoms with Gasteiger partial charge in [0.25, 0.3) is 0 Å². The number of aromatic nitrogens is 2. The molecule has 11 aromatic rings. The van der Waals surface area contributed by atoms with Crippen LogP contribution in [0.3, 0.4) is 0 Å². The van der Waals surface area contributed by atoms with Crippen molar-refractivity contribution < 1.29 is 0 Å². The second-order valence-corrected chi connectivity index (χ2v) is 21.2. The maximum atomic E-state index is 2.61. The van der Waals surface area contributed by atoms with Crippen molar-refractivity contribution in [1.82, 2.24) is 9.13 Å². The number of fused-ring (bicyclic) bond motifs is 6. The zero-order valence-corrected chi connectivity index (χ0v) is 36.4. The van der Waals surface area contributed by atoms with Gasteiger partial charge in [0.15, 0.2) is 8.07 Å². The van der Waals surface area contributed by atoms with E-state index in [9.17, 15) is 0 Å². The van der Waals surface area contributed by atoms with Crippen molar-refractivity contribution in [1.29, 1.82) is 0 Å². The molecule has 0 atom stereocenters. The Hall–Kier alpha value is -7.20. The van der Waals surface area contributed by atoms with Crippen molar-refractivity contribution in [3.05, 3.63) is 230 Å². The molecule has 1 saturated carbocycles. The number of hydrogen-bond donors (Lipinski definition) is 0. The van der Waals surface area contributed by atoms with Gasteiger partial charge < -0.3 is 9.13 Å². The molecule has 12 rings (SSSR count). The van der Waals surface area contributed by atoms with Crippen LogP contribution >= 0.6 is 0 Å². The molecule has 0 radical (unpaired) electrons. The molecule has 9 aromatic carbocycles. The van der Waals surface area contributed by atoms with Gasteiger partial charge in [0, 0.05) is 27.2 Å². The maximum Gasteiger partial charge on any atom is 0.179 e. The summed E-state index contributed by atoms with van der Waals surface area (Å²) in [5.41, 5.74) is 11.4. The summed E-state index contributed by atoms with van der Waals surface area (Å²) in [6.07, 6.45) is 6.49. The molecule has 1 aliphatic carbocycles. The summed E-state index contributed by atoms with van der Waals surface area (Å²) in [5.74, 6) is 0.577. The second kappa shape index (κ2) is 15.6. The van der Waals surface area contributed by atoms with Crippen molar-refractivity contribution in [3.8, 4) is 22.5 Å². The topological polar surface area (TPSA) is 9.86 Å². The lowest BCUT2D eigenvalue weighted by atomic mass is 9.83. The van der Waals surface area contributed by atoms with Crippen LogP contribution in [-0.4, -0.2) is 17.2 Å². The molecule has 302 valence electrons. The first kappa shape index (κ1) is 37.5. The first-order valence-electron chi connectivity index (χ1n) is 22.7. The van der Waals surface area contributed by atoms with Crippen LogP contribution in [0.5, 0.6) is 0 Å². The molecule has 0 N–H and O–H groups in total. The molecule has 63 heavy (non-hydrogen) atoms. The van der Waals surface area contributed by atoms with Crippen LogP contribution < -0.4 is 20.7 Å². The third-order valence-corrected chi connectivity index (χ3v) is 18.8. The smallest absolute Gasteiger partial charge is 0.179 e. The second-order valence-electron chi connectivity index (χ2n) is 17.4. The minimum absolute atomic E-state index is 0.577. The lowest BCUT2D eigenvalue weighted by molar-refractivity contribution is 0.445. The Labute approximate surface area is 370 Å². The summed E-state index contributed by atoms with van der Waals surface area (Å²) >= 11 is 0. The number of benzene rings is 9. The molecule has 0 bridgehead atoms. The van der Waals surface area contributed by atoms with Gasteiger partial charge in [-0.15, -0.1) is 0 Å². The summed E-state index contributed by atoms with van der Waals surface area (Å²) in [4.78, 5) is 0. The van der Waals surface area contributed by atoms with Gasteiger partial charge in [0.05, 0.1) is 27.8 Å². The lowest BCUT2D eigenvalue weighted by Gasteiger charge is -2.34. The van der Waals surface area contributed by atoms with Gasteiger partial charge >= 0.3 is 0 Å². The first-order chi connectivity index (χ1) is 31.3. The number of rotatable bonds is 8. The average molecular weight is 825 g/mol. The minimum Gasteiger partial charge on any atom is -0.309 e. The molecule has 0 amide bonds. The van der Waals surface area contributed by atoms with E-state index in [0.717, 1.165) is 5.69 Å². The van der Waals surface area contributed by atoms with Gasteiger partial charge in [-0.25, -0.2) is 0 Å². The van der Waals surface area contributed by atoms with Crippen molar-refractivity contribution in [2.24, 2.45) is 0 Å². The van der Waals surface area contributed by atoms with Crippen LogP contribution in [0.25, 0.3) is 66.1 Å². The molecule has 0 spiro atoms. The molecular formula is C60H48N2Si. The van der Waals surface area contributed by atoms with Gasteiger partial charge in [-0.3, -0.25) is 0 Å². The Kier molecular flexibility index (Phi) is 9.30. The SMILES string of the molecule is c1ccc([Si](c2ccccc2)(c2ccccc2)c2cccc(-c3cccc(-n4c5ccccc5c5c(-n6c7ccccc7c7cccc(C8CCCCC8)c76)cccc54)c3)c2)cc1. The van der Waals surface area contributed by atoms with E-state index in [1.807, 2.05) is 0 Å². The number of hydrogen-bond acceptors (Lipinski definition) is 0. The zero-order valence-electron chi connectivity index (χ0n) is 35.4. The van der Waals surface area contributed by atoms with Crippen LogP contribution in [0, 0.1) is 0 Å². The van der Waals surface area contributed by atoms with E-state index in [4.69, 9.17) is 0 Å². The largest absolute Gasteiger partial charge is 0.309 e. The summed E-state index contributed by atoms with van der Waals surface area (Å²) in [5, 5.41) is 10.7. The van der Waals surface area contributed by atoms with E-state index in [0.29, 0.717) is 5.92 Å². The van der Waals surface area contributed by atoms with E-state index in [1.165, 1.54) is 119 Å². The van der Waals surface area contributed by atoms with Crippen LogP contribution in [0.1, 0.15) is 43.6 Å². The van der Waals surface area contributed by atoms with Gasteiger partial charge in [0.2, 0.25) is 0 Å². The van der Waals surface area contributed by atoms with Crippen LogP contribution in [0.4, 0.5) is 0 Å². The van der Waals surface area contributed by atoms with Crippen LogP contribution in [0.2, 0.25) is 0 Å². The normalized spacial score (nSPS) is 13.7. The Morgan fingerprint density at radius 1 is 0.365 bits per heavy atom. The fraction of sp³-hybridized carbons (Fsp3) is 0.100. The molecule has 2 heterocycles. The predicted molar refractivity (Wildman–Crippen MR) is 270 cm³/mol. The standard InChI is InChI=1S/C60H48N2Si/c1-5-21-43(22-6-1)51-35-19-36-53-52-33-13-15-37-55(52)62(60(51)53)58-40-20-39-57-59(58)54-34-14-16-38-56(54)61(57)46-25-17-23-44(41-46)45-24-18-32-50(42-45)63(47-26-7-2-8-27-47,48-28-9-3-10-29-48)49-30-11-4-12-31-49/h2-4,7-20,23-43H,1,5-6,21-22H2. The Morgan fingerprint density at radius 3 is 1.56 bits per heavy atom. The third-order valence-electron chi connectivity index (χ3n) is 14.0. The first-order valence-corrected chi connectivity index (χ1v) is 24.7. The highest BCUT2D eigenvalue weighted by atomic mass is 28.3. The van der Waals surface area contributed by atoms with E-state index in [2.05, 4.69) is 234 Å². The van der Waals surface area contributed by atoms with Crippen molar-refractivity contribution in [2.75, 3.05) is 0 Å². The summed E-state index contributed by atoms with van der Waals surface area (Å²) in [6, 6.07) is 84.3. The Balaban J connectivity index is 1.06. The lowest BCUT2D eigenvalue weighted by Crippen LogP contribution is -2.74. The Morgan fingerprint density at radius 2 is 0.873 bits per heavy atom. The highest BCUT2D eigenvalue weighted by Crippen LogP contribution is 2.44. The zero-order chi connectivity index (χ0) is 41.7. The van der Waals surface area contributed by atoms with E-state index < -0.39 is 8.07 Å². The van der Waals surface area contributed by atoms with Gasteiger partial charge in [-0.05, 0) is 92.6 Å². The molecule has 0 aliphatic heterocycles. The van der Waals surface area contributed by atoms with Crippen molar-refractivity contribution >= 4 is 72.4 Å². The van der Waals surface area contributed by atoms with Crippen LogP contribution in [-0.2, 0) is 0 Å². The van der Waals surface area contributed by atoms with Gasteiger partial charge in [-0.2, -0.15) is 0 Å². The molecule has 2 nitrogen and oxygen atoms in total. The molecular weight excluding hydrogens is 777 g/mol. The molecule has 2 aromatic heterocycles. The molecule has 0 saturated heterocycles. The van der Waals surface area contributed by atoms with E-state index >= 15 is 0 Å². The minimum atomic E-state index is -2.70. The predicted octanol–water partition coefficient (Wildman–Crippen LogP) is 13.0. The fourth-order valence-corrected chi connectivity index (χ4v) is 16.1. The van der Waals surface area contributed by atoms with E-state index in [1.54, 1.807) is 0 Å². The summed E-state index contributed by atoms with van der Waals surface area (Å²) < 4.78 is 5.10.